The Hall–Kier alpha value is 0.0400. The van der Waals surface area contributed by atoms with Gasteiger partial charge in [-0.3, -0.25) is 4.79 Å². The molecule has 0 atom stereocenters. The van der Waals surface area contributed by atoms with Crippen molar-refractivity contribution in [2.24, 2.45) is 0 Å². The smallest absolute Gasteiger partial charge is 0.229 e. The molecule has 0 aromatic heterocycles. The van der Waals surface area contributed by atoms with E-state index in [1.807, 2.05) is 0 Å². The molecule has 0 saturated carbocycles. The van der Waals surface area contributed by atoms with Crippen LogP contribution >= 0.6 is 6.49 Å². The zero-order valence-corrected chi connectivity index (χ0v) is 6.58. The van der Waals surface area contributed by atoms with Crippen molar-refractivity contribution in [2.45, 2.75) is 0 Å². The number of hydrogen-bond donors (Lipinski definition) is 3. The average molecular weight is 169 g/mol. The molecule has 9 heavy (non-hydrogen) atoms. The Kier molecular flexibility index (Phi) is 3.28. The van der Waals surface area contributed by atoms with E-state index in [9.17, 15) is 4.79 Å². The van der Waals surface area contributed by atoms with Gasteiger partial charge in [-0.1, -0.05) is 0 Å². The van der Waals surface area contributed by atoms with Crippen molar-refractivity contribution < 1.29 is 14.6 Å². The van der Waals surface area contributed by atoms with Crippen molar-refractivity contribution >= 4 is 24.2 Å². The minimum absolute atomic E-state index is 0.362. The van der Waals surface area contributed by atoms with Crippen LogP contribution in [0.25, 0.3) is 0 Å². The lowest BCUT2D eigenvalue weighted by molar-refractivity contribution is -0.118. The number of hydrogen-bond acceptors (Lipinski definition) is 2. The Morgan fingerprint density at radius 3 is 2.33 bits per heavy atom. The molecule has 6 heteroatoms. The van der Waals surface area contributed by atoms with E-state index in [2.05, 4.69) is 17.1 Å². The van der Waals surface area contributed by atoms with E-state index < -0.39 is 12.4 Å². The molecule has 0 fully saturated rings. The summed E-state index contributed by atoms with van der Waals surface area (Å²) in [4.78, 5) is 27.4. The number of carbonyl (C=O) groups is 1. The number of nitrogens with one attached hydrogen (secondary N) is 1. The minimum atomic E-state index is -3.32. The van der Waals surface area contributed by atoms with Gasteiger partial charge in [-0.2, -0.15) is 0 Å². The molecule has 54 valence electrons. The van der Waals surface area contributed by atoms with Crippen LogP contribution in [0.3, 0.4) is 0 Å². The Bertz CT molecular complexity index is 153. The van der Waals surface area contributed by atoms with Gasteiger partial charge in [-0.15, -0.1) is 0 Å². The molecule has 0 bridgehead atoms. The highest BCUT2D eigenvalue weighted by atomic mass is 32.5. The Morgan fingerprint density at radius 2 is 2.22 bits per heavy atom. The summed E-state index contributed by atoms with van der Waals surface area (Å²) < 4.78 is 0. The molecule has 0 aromatic carbocycles. The lowest BCUT2D eigenvalue weighted by atomic mass is 10.7. The summed E-state index contributed by atoms with van der Waals surface area (Å²) in [7, 11) is 1.41. The third-order valence-corrected chi connectivity index (χ3v) is 1.71. The molecule has 1 amide bonds. The van der Waals surface area contributed by atoms with E-state index in [1.54, 1.807) is 0 Å². The minimum Gasteiger partial charge on any atom is -0.359 e. The number of amides is 1. The van der Waals surface area contributed by atoms with Crippen LogP contribution in [0.15, 0.2) is 0 Å². The van der Waals surface area contributed by atoms with Gasteiger partial charge in [0.15, 0.2) is 6.49 Å². The van der Waals surface area contributed by atoms with Gasteiger partial charge >= 0.3 is 0 Å². The van der Waals surface area contributed by atoms with E-state index in [0.717, 1.165) is 0 Å². The highest BCUT2D eigenvalue weighted by molar-refractivity contribution is 8.09. The van der Waals surface area contributed by atoms with Crippen LogP contribution < -0.4 is 5.32 Å². The quantitative estimate of drug-likeness (QED) is 0.465. The van der Waals surface area contributed by atoms with Gasteiger partial charge in [0, 0.05) is 7.05 Å². The normalized spacial score (nSPS) is 11.0. The summed E-state index contributed by atoms with van der Waals surface area (Å²) >= 11 is 4.19. The van der Waals surface area contributed by atoms with Crippen molar-refractivity contribution in [2.75, 3.05) is 13.2 Å². The van der Waals surface area contributed by atoms with Gasteiger partial charge in [0.1, 0.15) is 6.16 Å². The van der Waals surface area contributed by atoms with E-state index >= 15 is 0 Å². The molecule has 3 N–H and O–H groups in total. The van der Waals surface area contributed by atoms with Gasteiger partial charge in [-0.25, -0.2) is 0 Å². The Balaban J connectivity index is 3.75. The fourth-order valence-electron chi connectivity index (χ4n) is 0.266. The second-order valence-electron chi connectivity index (χ2n) is 1.50. The van der Waals surface area contributed by atoms with Crippen molar-refractivity contribution in [1.82, 2.24) is 5.32 Å². The third kappa shape index (κ3) is 5.92. The molecular weight excluding hydrogens is 161 g/mol. The lowest BCUT2D eigenvalue weighted by Gasteiger charge is -2.03. The summed E-state index contributed by atoms with van der Waals surface area (Å²) in [5, 5.41) is 2.22. The van der Waals surface area contributed by atoms with Gasteiger partial charge in [0.05, 0.1) is 0 Å². The van der Waals surface area contributed by atoms with E-state index in [4.69, 9.17) is 9.79 Å². The van der Waals surface area contributed by atoms with Gasteiger partial charge in [0.2, 0.25) is 5.91 Å². The van der Waals surface area contributed by atoms with E-state index in [0.29, 0.717) is 0 Å². The van der Waals surface area contributed by atoms with Crippen molar-refractivity contribution in [3.05, 3.63) is 0 Å². The summed E-state index contributed by atoms with van der Waals surface area (Å²) in [5.74, 6) is -0.441. The maximum atomic E-state index is 10.4. The SMILES string of the molecule is CNC(=O)CP(O)(O)=S. The molecule has 0 unspecified atom stereocenters. The van der Waals surface area contributed by atoms with Crippen LogP contribution in [-0.2, 0) is 16.6 Å². The monoisotopic (exact) mass is 169 g/mol. The van der Waals surface area contributed by atoms with Crippen LogP contribution in [0.1, 0.15) is 0 Å². The Morgan fingerprint density at radius 1 is 1.78 bits per heavy atom. The average Bonchev–Trinajstić information content (AvgIpc) is 1.62. The highest BCUT2D eigenvalue weighted by Crippen LogP contribution is 2.33. The third-order valence-electron chi connectivity index (χ3n) is 0.628. The fourth-order valence-corrected chi connectivity index (χ4v) is 1.15. The van der Waals surface area contributed by atoms with Crippen molar-refractivity contribution in [3.63, 3.8) is 0 Å². The molecule has 0 aliphatic heterocycles. The predicted octanol–water partition coefficient (Wildman–Crippen LogP) is -0.974. The predicted molar refractivity (Wildman–Crippen MR) is 37.7 cm³/mol. The molecule has 0 aliphatic rings. The second-order valence-corrected chi connectivity index (χ2v) is 4.90. The standard InChI is InChI=1S/C3H8NO3PS/c1-4-3(5)2-8(6,7)9/h2H2,1H3,(H,4,5)(H2,6,7,9). The van der Waals surface area contributed by atoms with Gasteiger partial charge < -0.3 is 15.1 Å². The highest BCUT2D eigenvalue weighted by Gasteiger charge is 2.11. The largest absolute Gasteiger partial charge is 0.359 e. The summed E-state index contributed by atoms with van der Waals surface area (Å²) in [6.45, 7) is -3.32. The summed E-state index contributed by atoms with van der Waals surface area (Å²) in [5.41, 5.74) is 0. The maximum Gasteiger partial charge on any atom is 0.229 e. The topological polar surface area (TPSA) is 69.6 Å². The molecular formula is C3H8NO3PS. The molecule has 0 rings (SSSR count). The van der Waals surface area contributed by atoms with Gasteiger partial charge in [0.25, 0.3) is 0 Å². The first kappa shape index (κ1) is 9.04. The van der Waals surface area contributed by atoms with Crippen molar-refractivity contribution in [3.8, 4) is 0 Å². The zero-order valence-electron chi connectivity index (χ0n) is 4.87. The Labute approximate surface area is 58.1 Å². The fraction of sp³-hybridized carbons (Fsp3) is 0.667. The first-order valence-corrected chi connectivity index (χ1v) is 5.10. The van der Waals surface area contributed by atoms with Crippen LogP contribution in [0.2, 0.25) is 0 Å². The first-order chi connectivity index (χ1) is 3.95. The number of rotatable bonds is 2. The second kappa shape index (κ2) is 3.27. The van der Waals surface area contributed by atoms with Crippen LogP contribution in [0.4, 0.5) is 0 Å². The van der Waals surface area contributed by atoms with Gasteiger partial charge in [-0.05, 0) is 11.8 Å². The first-order valence-electron chi connectivity index (χ1n) is 2.21. The molecule has 0 spiro atoms. The zero-order chi connectivity index (χ0) is 7.49. The lowest BCUT2D eigenvalue weighted by Crippen LogP contribution is -2.21. The molecule has 4 nitrogen and oxygen atoms in total. The van der Waals surface area contributed by atoms with E-state index in [-0.39, 0.29) is 6.16 Å². The van der Waals surface area contributed by atoms with Crippen LogP contribution in [0, 0.1) is 0 Å². The summed E-state index contributed by atoms with van der Waals surface area (Å²) in [6.07, 6.45) is -0.362. The van der Waals surface area contributed by atoms with Crippen LogP contribution in [0.5, 0.6) is 0 Å². The molecule has 0 saturated heterocycles. The number of carbonyl (C=O) groups excluding carboxylic acids is 1. The molecule has 0 radical (unpaired) electrons. The van der Waals surface area contributed by atoms with Crippen LogP contribution in [-0.4, -0.2) is 28.9 Å². The summed E-state index contributed by atoms with van der Waals surface area (Å²) in [6, 6.07) is 0. The van der Waals surface area contributed by atoms with Crippen molar-refractivity contribution in [1.29, 1.82) is 0 Å². The maximum absolute atomic E-state index is 10.4. The van der Waals surface area contributed by atoms with E-state index in [1.165, 1.54) is 7.05 Å². The molecule has 0 aromatic rings. The molecule has 0 aliphatic carbocycles. The molecule has 0 heterocycles.